The lowest BCUT2D eigenvalue weighted by Gasteiger charge is -2.20. The van der Waals surface area contributed by atoms with Gasteiger partial charge in [0.1, 0.15) is 5.83 Å². The summed E-state index contributed by atoms with van der Waals surface area (Å²) >= 11 is 0. The fourth-order valence-electron chi connectivity index (χ4n) is 2.49. The number of ether oxygens (including phenoxy) is 1. The minimum absolute atomic E-state index is 0.219. The van der Waals surface area contributed by atoms with Gasteiger partial charge in [0.25, 0.3) is 0 Å². The molecule has 0 fully saturated rings. The van der Waals surface area contributed by atoms with Gasteiger partial charge in [-0.2, -0.15) is 0 Å². The molecule has 2 unspecified atom stereocenters. The van der Waals surface area contributed by atoms with E-state index < -0.39 is 0 Å². The maximum absolute atomic E-state index is 13.7. The average Bonchev–Trinajstić information content (AvgIpc) is 2.75. The summed E-state index contributed by atoms with van der Waals surface area (Å²) in [5, 5.41) is 0. The van der Waals surface area contributed by atoms with Crippen molar-refractivity contribution >= 4 is 0 Å². The molecule has 0 aromatic heterocycles. The van der Waals surface area contributed by atoms with Gasteiger partial charge in [0.15, 0.2) is 0 Å². The van der Waals surface area contributed by atoms with Crippen molar-refractivity contribution in [1.82, 2.24) is 0 Å². The molecule has 1 rings (SSSR count). The first-order valence-electron chi connectivity index (χ1n) is 10.6. The van der Waals surface area contributed by atoms with Gasteiger partial charge >= 0.3 is 0 Å². The molecule has 2 heteroatoms. The molecule has 0 saturated carbocycles. The van der Waals surface area contributed by atoms with E-state index >= 15 is 0 Å². The van der Waals surface area contributed by atoms with Crippen LogP contribution < -0.4 is 0 Å². The summed E-state index contributed by atoms with van der Waals surface area (Å²) in [4.78, 5) is 0. The molecule has 0 aromatic rings. The Bertz CT molecular complexity index is 549. The van der Waals surface area contributed by atoms with Crippen LogP contribution in [-0.4, -0.2) is 13.2 Å². The standard InChI is InChI=1S/C22H33FO.C2H6.C2H4/c1-6-17(3)8-11-19(5)21(14-22(23)7-2)16-24-15-20-12-9-18(4)10-13-20;2*1-2/h7-9,11-12,14,18,20H,6,10,13,15-16H2,1-5H3;1-2H3;1-2H2/b17-8+,19-11+,21-14+,22-7+;;. The van der Waals surface area contributed by atoms with Gasteiger partial charge in [-0.3, -0.25) is 0 Å². The zero-order valence-electron chi connectivity index (χ0n) is 19.4. The van der Waals surface area contributed by atoms with Gasteiger partial charge in [-0.15, -0.1) is 13.2 Å². The third-order valence-corrected chi connectivity index (χ3v) is 4.56. The lowest BCUT2D eigenvalue weighted by atomic mass is 9.90. The Morgan fingerprint density at radius 3 is 2.29 bits per heavy atom. The summed E-state index contributed by atoms with van der Waals surface area (Å²) in [5.41, 5.74) is 3.26. The molecule has 0 aliphatic heterocycles. The summed E-state index contributed by atoms with van der Waals surface area (Å²) in [5.74, 6) is 0.948. The highest BCUT2D eigenvalue weighted by Crippen LogP contribution is 2.22. The van der Waals surface area contributed by atoms with Crippen LogP contribution in [0.4, 0.5) is 4.39 Å². The Labute approximate surface area is 174 Å². The van der Waals surface area contributed by atoms with Gasteiger partial charge < -0.3 is 4.74 Å². The lowest BCUT2D eigenvalue weighted by molar-refractivity contribution is 0.126. The fraction of sp³-hybridized carbons (Fsp3) is 0.538. The van der Waals surface area contributed by atoms with Gasteiger partial charge in [0.2, 0.25) is 0 Å². The third kappa shape index (κ3) is 13.5. The predicted molar refractivity (Wildman–Crippen MR) is 125 cm³/mol. The molecule has 1 aliphatic carbocycles. The molecule has 0 amide bonds. The van der Waals surface area contributed by atoms with Crippen molar-refractivity contribution in [3.05, 3.63) is 72.2 Å². The molecule has 160 valence electrons. The highest BCUT2D eigenvalue weighted by Gasteiger charge is 2.13. The van der Waals surface area contributed by atoms with E-state index in [2.05, 4.69) is 58.2 Å². The normalized spacial score (nSPS) is 20.7. The number of hydrogen-bond acceptors (Lipinski definition) is 1. The largest absolute Gasteiger partial charge is 0.376 e. The molecular weight excluding hydrogens is 347 g/mol. The van der Waals surface area contributed by atoms with Crippen LogP contribution in [0.3, 0.4) is 0 Å². The topological polar surface area (TPSA) is 9.23 Å². The first kappa shape index (κ1) is 28.5. The third-order valence-electron chi connectivity index (χ3n) is 4.56. The van der Waals surface area contributed by atoms with E-state index in [1.165, 1.54) is 24.5 Å². The van der Waals surface area contributed by atoms with Gasteiger partial charge in [-0.25, -0.2) is 4.39 Å². The number of hydrogen-bond donors (Lipinski definition) is 0. The summed E-state index contributed by atoms with van der Waals surface area (Å²) in [7, 11) is 0. The van der Waals surface area contributed by atoms with E-state index in [4.69, 9.17) is 4.74 Å². The molecular formula is C26H43FO. The zero-order chi connectivity index (χ0) is 21.9. The van der Waals surface area contributed by atoms with Crippen LogP contribution >= 0.6 is 0 Å². The second-order valence-corrected chi connectivity index (χ2v) is 6.77. The molecule has 0 spiro atoms. The van der Waals surface area contributed by atoms with Crippen LogP contribution in [0.1, 0.15) is 67.7 Å². The maximum Gasteiger partial charge on any atom is 0.119 e. The van der Waals surface area contributed by atoms with Crippen LogP contribution in [0.2, 0.25) is 0 Å². The maximum atomic E-state index is 13.7. The van der Waals surface area contributed by atoms with E-state index in [0.29, 0.717) is 25.0 Å². The van der Waals surface area contributed by atoms with Crippen molar-refractivity contribution in [3.8, 4) is 0 Å². The highest BCUT2D eigenvalue weighted by atomic mass is 19.1. The van der Waals surface area contributed by atoms with Crippen LogP contribution in [-0.2, 0) is 4.74 Å². The van der Waals surface area contributed by atoms with E-state index in [1.54, 1.807) is 13.0 Å². The summed E-state index contributed by atoms with van der Waals surface area (Å²) in [6, 6.07) is 0. The molecule has 0 radical (unpaired) electrons. The van der Waals surface area contributed by atoms with E-state index in [-0.39, 0.29) is 5.83 Å². The summed E-state index contributed by atoms with van der Waals surface area (Å²) in [6.45, 7) is 21.4. The molecule has 0 heterocycles. The van der Waals surface area contributed by atoms with Crippen LogP contribution in [0.5, 0.6) is 0 Å². The summed E-state index contributed by atoms with van der Waals surface area (Å²) in [6.07, 6.45) is 15.2. The smallest absolute Gasteiger partial charge is 0.119 e. The fourth-order valence-corrected chi connectivity index (χ4v) is 2.49. The molecule has 0 N–H and O–H groups in total. The predicted octanol–water partition coefficient (Wildman–Crippen LogP) is 8.54. The molecule has 0 saturated heterocycles. The first-order valence-corrected chi connectivity index (χ1v) is 10.6. The Hall–Kier alpha value is -1.67. The molecule has 1 nitrogen and oxygen atoms in total. The average molecular weight is 391 g/mol. The Morgan fingerprint density at radius 1 is 1.14 bits per heavy atom. The van der Waals surface area contributed by atoms with Gasteiger partial charge in [-0.1, -0.05) is 63.6 Å². The van der Waals surface area contributed by atoms with Crippen molar-refractivity contribution in [2.45, 2.75) is 67.7 Å². The Balaban J connectivity index is 0. The highest BCUT2D eigenvalue weighted by molar-refractivity contribution is 5.37. The lowest BCUT2D eigenvalue weighted by Crippen LogP contribution is -2.14. The molecule has 2 atom stereocenters. The van der Waals surface area contributed by atoms with E-state index in [0.717, 1.165) is 17.6 Å². The van der Waals surface area contributed by atoms with Crippen LogP contribution in [0, 0.1) is 11.8 Å². The SMILES string of the molecule is C=C.CC.C\C=C(F)/C=C(COCC1C=CC(C)CC1)/C(C)=C/C=C(\C)CC. The molecule has 0 bridgehead atoms. The van der Waals surface area contributed by atoms with Crippen molar-refractivity contribution in [3.63, 3.8) is 0 Å². The van der Waals surface area contributed by atoms with Crippen molar-refractivity contribution < 1.29 is 9.13 Å². The number of halogens is 1. The number of allylic oxidation sites excluding steroid dienone is 7. The van der Waals surface area contributed by atoms with E-state index in [9.17, 15) is 4.39 Å². The number of rotatable bonds is 8. The van der Waals surface area contributed by atoms with Gasteiger partial charge in [-0.05, 0) is 63.2 Å². The minimum Gasteiger partial charge on any atom is -0.376 e. The first-order chi connectivity index (χ1) is 13.5. The van der Waals surface area contributed by atoms with Crippen molar-refractivity contribution in [1.29, 1.82) is 0 Å². The second kappa shape index (κ2) is 18.7. The quantitative estimate of drug-likeness (QED) is 0.298. The Kier molecular flexibility index (Phi) is 19.0. The van der Waals surface area contributed by atoms with Crippen LogP contribution in [0.15, 0.2) is 72.2 Å². The van der Waals surface area contributed by atoms with Gasteiger partial charge in [0.05, 0.1) is 13.2 Å². The van der Waals surface area contributed by atoms with Gasteiger partial charge in [0, 0.05) is 5.92 Å². The molecule has 1 aliphatic rings. The summed E-state index contributed by atoms with van der Waals surface area (Å²) < 4.78 is 19.6. The Morgan fingerprint density at radius 2 is 1.79 bits per heavy atom. The van der Waals surface area contributed by atoms with Crippen molar-refractivity contribution in [2.24, 2.45) is 11.8 Å². The molecule has 28 heavy (non-hydrogen) atoms. The zero-order valence-corrected chi connectivity index (χ0v) is 19.4. The van der Waals surface area contributed by atoms with E-state index in [1.807, 2.05) is 20.8 Å². The van der Waals surface area contributed by atoms with Crippen LogP contribution in [0.25, 0.3) is 0 Å². The second-order valence-electron chi connectivity index (χ2n) is 6.77. The van der Waals surface area contributed by atoms with Crippen molar-refractivity contribution in [2.75, 3.05) is 13.2 Å². The molecule has 0 aromatic carbocycles. The monoisotopic (exact) mass is 390 g/mol. The minimum atomic E-state index is -0.219.